The first-order chi connectivity index (χ1) is 7.74. The molecule has 1 rings (SSSR count). The minimum Gasteiger partial charge on any atom is -0.369 e. The van der Waals surface area contributed by atoms with Gasteiger partial charge in [-0.2, -0.15) is 0 Å². The van der Waals surface area contributed by atoms with E-state index in [2.05, 4.69) is 17.6 Å². The Morgan fingerprint density at radius 3 is 2.75 bits per heavy atom. The van der Waals surface area contributed by atoms with Crippen LogP contribution in [0.25, 0.3) is 0 Å². The van der Waals surface area contributed by atoms with Gasteiger partial charge in [0.25, 0.3) is 5.91 Å². The van der Waals surface area contributed by atoms with Gasteiger partial charge in [0.15, 0.2) is 0 Å². The number of benzene rings is 1. The summed E-state index contributed by atoms with van der Waals surface area (Å²) in [6.45, 7) is 2.24. The van der Waals surface area contributed by atoms with Crippen LogP contribution in [0.2, 0.25) is 0 Å². The quantitative estimate of drug-likeness (QED) is 0.327. The SMILES string of the molecule is CC(OCCCc1ccccc1)C(=O)NN. The third-order valence-electron chi connectivity index (χ3n) is 2.33. The van der Waals surface area contributed by atoms with Gasteiger partial charge in [0.05, 0.1) is 0 Å². The molecule has 0 aliphatic carbocycles. The molecule has 4 heteroatoms. The van der Waals surface area contributed by atoms with Crippen molar-refractivity contribution in [2.45, 2.75) is 25.9 Å². The Kier molecular flexibility index (Phi) is 5.53. The summed E-state index contributed by atoms with van der Waals surface area (Å²) in [6.07, 6.45) is 1.37. The maximum Gasteiger partial charge on any atom is 0.262 e. The van der Waals surface area contributed by atoms with Crippen LogP contribution in [0, 0.1) is 0 Å². The summed E-state index contributed by atoms with van der Waals surface area (Å²) in [5.74, 6) is 4.70. The van der Waals surface area contributed by atoms with E-state index in [0.717, 1.165) is 12.8 Å². The normalized spacial score (nSPS) is 12.1. The van der Waals surface area contributed by atoms with E-state index in [1.54, 1.807) is 6.92 Å². The van der Waals surface area contributed by atoms with Gasteiger partial charge in [-0.05, 0) is 25.3 Å². The first-order valence-electron chi connectivity index (χ1n) is 5.40. The maximum absolute atomic E-state index is 11.0. The third-order valence-corrected chi connectivity index (χ3v) is 2.33. The van der Waals surface area contributed by atoms with Gasteiger partial charge in [-0.1, -0.05) is 30.3 Å². The highest BCUT2D eigenvalue weighted by Gasteiger charge is 2.10. The molecule has 1 atom stereocenters. The summed E-state index contributed by atoms with van der Waals surface area (Å²) in [7, 11) is 0. The van der Waals surface area contributed by atoms with E-state index >= 15 is 0 Å². The van der Waals surface area contributed by atoms with E-state index in [1.807, 2.05) is 18.2 Å². The second-order valence-electron chi connectivity index (χ2n) is 3.61. The Morgan fingerprint density at radius 2 is 2.12 bits per heavy atom. The van der Waals surface area contributed by atoms with E-state index < -0.39 is 6.10 Å². The van der Waals surface area contributed by atoms with Crippen molar-refractivity contribution in [2.75, 3.05) is 6.61 Å². The fraction of sp³-hybridized carbons (Fsp3) is 0.417. The number of carbonyl (C=O) groups excluding carboxylic acids is 1. The van der Waals surface area contributed by atoms with Crippen molar-refractivity contribution in [3.8, 4) is 0 Å². The fourth-order valence-corrected chi connectivity index (χ4v) is 1.37. The van der Waals surface area contributed by atoms with Crippen LogP contribution in [-0.2, 0) is 16.0 Å². The molecule has 0 radical (unpaired) electrons. The van der Waals surface area contributed by atoms with Gasteiger partial charge >= 0.3 is 0 Å². The fourth-order valence-electron chi connectivity index (χ4n) is 1.37. The van der Waals surface area contributed by atoms with E-state index in [4.69, 9.17) is 10.6 Å². The van der Waals surface area contributed by atoms with Gasteiger partial charge in [-0.25, -0.2) is 5.84 Å². The van der Waals surface area contributed by atoms with Crippen molar-refractivity contribution in [3.05, 3.63) is 35.9 Å². The maximum atomic E-state index is 11.0. The Balaban J connectivity index is 2.15. The van der Waals surface area contributed by atoms with Crippen molar-refractivity contribution in [2.24, 2.45) is 5.84 Å². The van der Waals surface area contributed by atoms with Crippen LogP contribution in [0.15, 0.2) is 30.3 Å². The van der Waals surface area contributed by atoms with Crippen LogP contribution in [0.3, 0.4) is 0 Å². The van der Waals surface area contributed by atoms with Gasteiger partial charge in [0, 0.05) is 6.61 Å². The number of ether oxygens (including phenoxy) is 1. The molecule has 0 heterocycles. The monoisotopic (exact) mass is 222 g/mol. The molecule has 0 aliphatic rings. The lowest BCUT2D eigenvalue weighted by Gasteiger charge is -2.10. The number of amides is 1. The lowest BCUT2D eigenvalue weighted by Crippen LogP contribution is -2.39. The molecule has 4 nitrogen and oxygen atoms in total. The number of carbonyl (C=O) groups is 1. The third kappa shape index (κ3) is 4.42. The standard InChI is InChI=1S/C12H18N2O2/c1-10(12(15)14-13)16-9-5-8-11-6-3-2-4-7-11/h2-4,6-7,10H,5,8-9,13H2,1H3,(H,14,15). The Hall–Kier alpha value is -1.39. The molecule has 0 spiro atoms. The molecule has 1 amide bonds. The molecule has 0 aliphatic heterocycles. The highest BCUT2D eigenvalue weighted by atomic mass is 16.5. The van der Waals surface area contributed by atoms with Crippen molar-refractivity contribution in [1.82, 2.24) is 5.43 Å². The summed E-state index contributed by atoms with van der Waals surface area (Å²) in [5, 5.41) is 0. The van der Waals surface area contributed by atoms with Gasteiger partial charge in [-0.3, -0.25) is 10.2 Å². The molecule has 0 saturated carbocycles. The van der Waals surface area contributed by atoms with Crippen LogP contribution in [0.4, 0.5) is 0 Å². The topological polar surface area (TPSA) is 64.3 Å². The minimum atomic E-state index is -0.485. The molecule has 0 aromatic heterocycles. The molecule has 88 valence electrons. The molecule has 3 N–H and O–H groups in total. The summed E-state index contributed by atoms with van der Waals surface area (Å²) in [6, 6.07) is 10.2. The number of nitrogens with one attached hydrogen (secondary N) is 1. The van der Waals surface area contributed by atoms with Gasteiger partial charge in [-0.15, -0.1) is 0 Å². The van der Waals surface area contributed by atoms with Crippen molar-refractivity contribution in [3.63, 3.8) is 0 Å². The molecule has 0 fully saturated rings. The highest BCUT2D eigenvalue weighted by molar-refractivity contribution is 5.79. The summed E-state index contributed by atoms with van der Waals surface area (Å²) in [4.78, 5) is 11.0. The van der Waals surface area contributed by atoms with Gasteiger partial charge < -0.3 is 4.74 Å². The molecule has 0 bridgehead atoms. The van der Waals surface area contributed by atoms with Crippen molar-refractivity contribution < 1.29 is 9.53 Å². The van der Waals surface area contributed by atoms with Crippen LogP contribution >= 0.6 is 0 Å². The molecule has 1 aromatic carbocycles. The minimum absolute atomic E-state index is 0.292. The van der Waals surface area contributed by atoms with E-state index in [9.17, 15) is 4.79 Å². The van der Waals surface area contributed by atoms with Gasteiger partial charge in [0.1, 0.15) is 6.10 Å². The average molecular weight is 222 g/mol. The number of rotatable bonds is 6. The average Bonchev–Trinajstić information content (AvgIpc) is 2.34. The largest absolute Gasteiger partial charge is 0.369 e. The van der Waals surface area contributed by atoms with Crippen LogP contribution in [0.1, 0.15) is 18.9 Å². The Morgan fingerprint density at radius 1 is 1.44 bits per heavy atom. The highest BCUT2D eigenvalue weighted by Crippen LogP contribution is 2.03. The van der Waals surface area contributed by atoms with Crippen molar-refractivity contribution in [1.29, 1.82) is 0 Å². The van der Waals surface area contributed by atoms with Crippen LogP contribution in [-0.4, -0.2) is 18.6 Å². The number of nitrogens with two attached hydrogens (primary N) is 1. The lowest BCUT2D eigenvalue weighted by atomic mass is 10.1. The second-order valence-corrected chi connectivity index (χ2v) is 3.61. The van der Waals surface area contributed by atoms with Crippen molar-refractivity contribution >= 4 is 5.91 Å². The van der Waals surface area contributed by atoms with Gasteiger partial charge in [0.2, 0.25) is 0 Å². The number of hydrogen-bond donors (Lipinski definition) is 2. The smallest absolute Gasteiger partial charge is 0.262 e. The molecular weight excluding hydrogens is 204 g/mol. The van der Waals surface area contributed by atoms with E-state index in [1.165, 1.54) is 5.56 Å². The predicted molar refractivity (Wildman–Crippen MR) is 62.5 cm³/mol. The molecule has 1 unspecified atom stereocenters. The zero-order chi connectivity index (χ0) is 11.8. The van der Waals surface area contributed by atoms with Crippen LogP contribution < -0.4 is 11.3 Å². The lowest BCUT2D eigenvalue weighted by molar-refractivity contribution is -0.131. The second kappa shape index (κ2) is 6.98. The van der Waals surface area contributed by atoms with E-state index in [-0.39, 0.29) is 5.91 Å². The zero-order valence-electron chi connectivity index (χ0n) is 9.48. The summed E-state index contributed by atoms with van der Waals surface area (Å²) in [5.41, 5.74) is 3.34. The van der Waals surface area contributed by atoms with Crippen LogP contribution in [0.5, 0.6) is 0 Å². The number of aryl methyl sites for hydroxylation is 1. The Bertz CT molecular complexity index is 314. The molecule has 0 saturated heterocycles. The molecule has 16 heavy (non-hydrogen) atoms. The number of hydrogen-bond acceptors (Lipinski definition) is 3. The zero-order valence-corrected chi connectivity index (χ0v) is 9.48. The first kappa shape index (κ1) is 12.7. The first-order valence-corrected chi connectivity index (χ1v) is 5.40. The molecular formula is C12H18N2O2. The Labute approximate surface area is 95.8 Å². The number of hydrazine groups is 1. The molecule has 1 aromatic rings. The predicted octanol–water partition coefficient (Wildman–Crippen LogP) is 1.01. The summed E-state index contributed by atoms with van der Waals surface area (Å²) >= 11 is 0. The summed E-state index contributed by atoms with van der Waals surface area (Å²) < 4.78 is 5.32. The van der Waals surface area contributed by atoms with E-state index in [0.29, 0.717) is 6.61 Å².